The number of rotatable bonds is 12. The summed E-state index contributed by atoms with van der Waals surface area (Å²) in [7, 11) is 0. The van der Waals surface area contributed by atoms with Crippen LogP contribution in [-0.2, 0) is 23.8 Å². The van der Waals surface area contributed by atoms with Crippen molar-refractivity contribution >= 4 is 35.5 Å². The monoisotopic (exact) mass is 491 g/mol. The molecule has 0 fully saturated rings. The van der Waals surface area contributed by atoms with E-state index in [0.29, 0.717) is 0 Å². The van der Waals surface area contributed by atoms with E-state index in [1.165, 1.54) is 24.3 Å². The number of carbonyl (C=O) groups is 4. The summed E-state index contributed by atoms with van der Waals surface area (Å²) in [5, 5.41) is 13.7. The smallest absolute Gasteiger partial charge is 0.352 e. The molecule has 0 unspecified atom stereocenters. The highest BCUT2D eigenvalue weighted by molar-refractivity contribution is 6.18. The molecule has 9 nitrogen and oxygen atoms in total. The molecule has 34 heavy (non-hydrogen) atoms. The zero-order valence-corrected chi connectivity index (χ0v) is 19.5. The minimum absolute atomic E-state index is 0.0282. The van der Waals surface area contributed by atoms with Gasteiger partial charge in [0.1, 0.15) is 6.54 Å². The van der Waals surface area contributed by atoms with Crippen LogP contribution in [0.4, 0.5) is 0 Å². The summed E-state index contributed by atoms with van der Waals surface area (Å²) in [4.78, 5) is 49.9. The van der Waals surface area contributed by atoms with Gasteiger partial charge < -0.3 is 29.4 Å². The Kier molecular flexibility index (Phi) is 10.5. The van der Waals surface area contributed by atoms with Gasteiger partial charge >= 0.3 is 17.9 Å². The Hall–Kier alpha value is -3.43. The van der Waals surface area contributed by atoms with Crippen LogP contribution in [-0.4, -0.2) is 60.7 Å². The second-order valence-corrected chi connectivity index (χ2v) is 7.94. The first-order valence-electron chi connectivity index (χ1n) is 10.6. The highest BCUT2D eigenvalue weighted by Crippen LogP contribution is 2.15. The highest BCUT2D eigenvalue weighted by atomic mass is 35.5. The van der Waals surface area contributed by atoms with E-state index in [4.69, 9.17) is 25.8 Å². The number of quaternary nitrogens is 1. The number of halogens is 1. The number of ether oxygens (including phenoxy) is 3. The summed E-state index contributed by atoms with van der Waals surface area (Å²) in [6.45, 7) is 4.13. The summed E-state index contributed by atoms with van der Waals surface area (Å²) < 4.78 is 15.5. The second kappa shape index (κ2) is 13.3. The number of esters is 3. The van der Waals surface area contributed by atoms with Crippen LogP contribution in [0.5, 0.6) is 0 Å². The van der Waals surface area contributed by atoms with E-state index in [1.54, 1.807) is 36.4 Å². The van der Waals surface area contributed by atoms with Gasteiger partial charge in [-0.05, 0) is 38.1 Å². The average molecular weight is 492 g/mol. The van der Waals surface area contributed by atoms with Crippen LogP contribution in [0, 0.1) is 0 Å². The van der Waals surface area contributed by atoms with E-state index in [1.807, 2.05) is 19.2 Å². The summed E-state index contributed by atoms with van der Waals surface area (Å²) >= 11 is 5.89. The van der Waals surface area contributed by atoms with Crippen LogP contribution in [0.25, 0.3) is 0 Å². The molecule has 0 spiro atoms. The lowest BCUT2D eigenvalue weighted by molar-refractivity contribution is -0.687. The van der Waals surface area contributed by atoms with Gasteiger partial charge in [0.05, 0.1) is 29.0 Å². The summed E-state index contributed by atoms with van der Waals surface area (Å²) in [6.07, 6.45) is -5.21. The fraction of sp³-hybridized carbons (Fsp3) is 0.333. The topological polar surface area (TPSA) is 136 Å². The molecule has 2 aromatic carbocycles. The standard InChI is InChI=1S/C24H26ClNO8/c1-15(2)26-14-18(13-25)32-24(31)20(34-23(30)17-11-7-4-8-12-17)19(21(27)28)33-22(29)16-9-5-3-6-10-16/h3-12,15,18-20,26H,13-14H2,1-2H3,(H,27,28)/t18-,19-,20+/m0/s1. The molecule has 2 N–H and O–H groups in total. The van der Waals surface area contributed by atoms with Gasteiger partial charge in [-0.3, -0.25) is 0 Å². The number of carboxylic acid groups (broad SMARTS) is 1. The van der Waals surface area contributed by atoms with E-state index in [0.717, 1.165) is 0 Å². The van der Waals surface area contributed by atoms with Crippen molar-refractivity contribution in [3.05, 3.63) is 71.8 Å². The largest absolute Gasteiger partial charge is 0.546 e. The van der Waals surface area contributed by atoms with Gasteiger partial charge in [-0.2, -0.15) is 0 Å². The van der Waals surface area contributed by atoms with E-state index in [9.17, 15) is 24.3 Å². The zero-order valence-electron chi connectivity index (χ0n) is 18.7. The number of aliphatic carboxylic acids is 1. The van der Waals surface area contributed by atoms with Gasteiger partial charge in [-0.25, -0.2) is 14.4 Å². The number of alkyl halides is 1. The second-order valence-electron chi connectivity index (χ2n) is 7.63. The van der Waals surface area contributed by atoms with E-state index >= 15 is 0 Å². The van der Waals surface area contributed by atoms with Crippen molar-refractivity contribution in [2.24, 2.45) is 0 Å². The van der Waals surface area contributed by atoms with Crippen LogP contribution >= 0.6 is 11.6 Å². The molecular weight excluding hydrogens is 466 g/mol. The van der Waals surface area contributed by atoms with Gasteiger partial charge in [-0.15, -0.1) is 11.6 Å². The molecule has 3 atom stereocenters. The van der Waals surface area contributed by atoms with Crippen LogP contribution < -0.4 is 10.4 Å². The van der Waals surface area contributed by atoms with Gasteiger partial charge in [-0.1, -0.05) is 36.4 Å². The molecular formula is C24H26ClNO8. The molecule has 0 amide bonds. The summed E-state index contributed by atoms with van der Waals surface area (Å²) in [5.41, 5.74) is 0.0780. The lowest BCUT2D eigenvalue weighted by Gasteiger charge is -2.27. The molecule has 182 valence electrons. The number of carboxylic acids is 1. The third kappa shape index (κ3) is 8.17. The Morgan fingerprint density at radius 1 is 0.824 bits per heavy atom. The predicted octanol–water partition coefficient (Wildman–Crippen LogP) is 0.310. The lowest BCUT2D eigenvalue weighted by atomic mass is 10.1. The SMILES string of the molecule is CC(C)[NH2+]C[C@H](CCl)OC(=O)[C@H](OC(=O)c1ccccc1)[C@H](OC(=O)c1ccccc1)C(=O)[O-]. The minimum atomic E-state index is -2.27. The molecule has 0 saturated heterocycles. The fourth-order valence-corrected chi connectivity index (χ4v) is 2.97. The first-order chi connectivity index (χ1) is 16.2. The Labute approximate surface area is 202 Å². The molecule has 2 rings (SSSR count). The number of nitrogens with two attached hydrogens (primary N) is 1. The molecule has 0 aromatic heterocycles. The molecule has 2 aromatic rings. The molecule has 0 radical (unpaired) electrons. The summed E-state index contributed by atoms with van der Waals surface area (Å²) in [6, 6.07) is 15.3. The van der Waals surface area contributed by atoms with Gasteiger partial charge in [0, 0.05) is 0 Å². The maximum absolute atomic E-state index is 12.9. The van der Waals surface area contributed by atoms with Crippen molar-refractivity contribution in [1.82, 2.24) is 0 Å². The quantitative estimate of drug-likeness (QED) is 0.254. The third-order valence-corrected chi connectivity index (χ3v) is 4.90. The average Bonchev–Trinajstić information content (AvgIpc) is 2.84. The third-order valence-electron chi connectivity index (χ3n) is 4.55. The van der Waals surface area contributed by atoms with Crippen molar-refractivity contribution in [2.75, 3.05) is 12.4 Å². The Morgan fingerprint density at radius 3 is 1.71 bits per heavy atom. The van der Waals surface area contributed by atoms with E-state index in [2.05, 4.69) is 0 Å². The molecule has 0 saturated carbocycles. The van der Waals surface area contributed by atoms with E-state index in [-0.39, 0.29) is 29.6 Å². The van der Waals surface area contributed by atoms with Crippen LogP contribution in [0.15, 0.2) is 60.7 Å². The fourth-order valence-electron chi connectivity index (χ4n) is 2.78. The zero-order chi connectivity index (χ0) is 25.1. The Bertz CT molecular complexity index is 967. The Balaban J connectivity index is 2.30. The van der Waals surface area contributed by atoms with E-state index < -0.39 is 42.2 Å². The first-order valence-corrected chi connectivity index (χ1v) is 11.1. The normalized spacial score (nSPS) is 13.4. The van der Waals surface area contributed by atoms with Crippen LogP contribution in [0.2, 0.25) is 0 Å². The maximum Gasteiger partial charge on any atom is 0.352 e. The summed E-state index contributed by atoms with van der Waals surface area (Å²) in [5.74, 6) is -5.33. The van der Waals surface area contributed by atoms with Crippen molar-refractivity contribution in [1.29, 1.82) is 0 Å². The van der Waals surface area contributed by atoms with Gasteiger partial charge in [0.15, 0.2) is 12.2 Å². The number of hydrogen-bond acceptors (Lipinski definition) is 8. The first kappa shape index (κ1) is 26.8. The molecule has 0 aliphatic rings. The van der Waals surface area contributed by atoms with Crippen molar-refractivity contribution < 1.29 is 43.8 Å². The molecule has 0 heterocycles. The number of hydrogen-bond donors (Lipinski definition) is 1. The number of carbonyl (C=O) groups excluding carboxylic acids is 4. The van der Waals surface area contributed by atoms with Crippen molar-refractivity contribution in [2.45, 2.75) is 38.2 Å². The molecule has 10 heteroatoms. The minimum Gasteiger partial charge on any atom is -0.546 e. The van der Waals surface area contributed by atoms with Gasteiger partial charge in [0.2, 0.25) is 6.10 Å². The van der Waals surface area contributed by atoms with Crippen molar-refractivity contribution in [3.63, 3.8) is 0 Å². The molecule has 0 aliphatic carbocycles. The predicted molar refractivity (Wildman–Crippen MR) is 119 cm³/mol. The Morgan fingerprint density at radius 2 is 1.29 bits per heavy atom. The number of benzene rings is 2. The highest BCUT2D eigenvalue weighted by Gasteiger charge is 2.39. The van der Waals surface area contributed by atoms with Crippen molar-refractivity contribution in [3.8, 4) is 0 Å². The maximum atomic E-state index is 12.9. The lowest BCUT2D eigenvalue weighted by Crippen LogP contribution is -2.90. The molecule has 0 bridgehead atoms. The van der Waals surface area contributed by atoms with Crippen LogP contribution in [0.3, 0.4) is 0 Å². The molecule has 0 aliphatic heterocycles. The van der Waals surface area contributed by atoms with Gasteiger partial charge in [0.25, 0.3) is 0 Å². The van der Waals surface area contributed by atoms with Crippen LogP contribution in [0.1, 0.15) is 34.6 Å².